The second-order valence-electron chi connectivity index (χ2n) is 8.80. The summed E-state index contributed by atoms with van der Waals surface area (Å²) < 4.78 is 12.5. The molecule has 176 valence electrons. The summed E-state index contributed by atoms with van der Waals surface area (Å²) in [5, 5.41) is 6.85. The molecule has 4 aromatic carbocycles. The highest BCUT2D eigenvalue weighted by Gasteiger charge is 2.29. The Balaban J connectivity index is 1.42. The van der Waals surface area contributed by atoms with Crippen LogP contribution in [0.5, 0.6) is 0 Å². The smallest absolute Gasteiger partial charge is 0.0644 e. The molecule has 0 aliphatic carbocycles. The van der Waals surface area contributed by atoms with Crippen LogP contribution in [0.15, 0.2) is 120 Å². The first-order valence-electron chi connectivity index (χ1n) is 11.8. The molecule has 4 aromatic rings. The van der Waals surface area contributed by atoms with E-state index in [-0.39, 0.29) is 6.04 Å². The Labute approximate surface area is 208 Å². The van der Waals surface area contributed by atoms with E-state index in [1.807, 2.05) is 53.7 Å². The minimum atomic E-state index is -2.02. The molecule has 0 spiro atoms. The van der Waals surface area contributed by atoms with Crippen LogP contribution in [0.4, 0.5) is 22.7 Å². The predicted molar refractivity (Wildman–Crippen MR) is 151 cm³/mol. The van der Waals surface area contributed by atoms with Gasteiger partial charge in [-0.05, 0) is 75.9 Å². The standard InChI is InChI=1S/C30H29N3OS/c1-35(34)22-21-30(24-35)33(29-15-9-4-10-16-29)31-23-25-17-19-28(20-18-25)32(26-11-5-2-6-12-26)27-13-7-3-8-14-27/h2-20,23,30H,1,21-22,24H2/b31-23+. The van der Waals surface area contributed by atoms with Gasteiger partial charge < -0.3 is 4.90 Å². The van der Waals surface area contributed by atoms with Gasteiger partial charge in [0.1, 0.15) is 0 Å². The Hall–Kier alpha value is -3.83. The molecular weight excluding hydrogens is 450 g/mol. The average molecular weight is 480 g/mol. The van der Waals surface area contributed by atoms with Crippen LogP contribution in [-0.4, -0.2) is 33.8 Å². The third kappa shape index (κ3) is 5.47. The summed E-state index contributed by atoms with van der Waals surface area (Å²) in [6.45, 7) is 0. The fourth-order valence-electron chi connectivity index (χ4n) is 4.45. The Morgan fingerprint density at radius 3 is 1.69 bits per heavy atom. The first kappa shape index (κ1) is 22.9. The molecule has 0 amide bonds. The molecule has 1 heterocycles. The van der Waals surface area contributed by atoms with Gasteiger partial charge >= 0.3 is 0 Å². The predicted octanol–water partition coefficient (Wildman–Crippen LogP) is 6.49. The summed E-state index contributed by atoms with van der Waals surface area (Å²) in [5.41, 5.74) is 5.29. The molecule has 0 aromatic heterocycles. The molecule has 0 bridgehead atoms. The van der Waals surface area contributed by atoms with Crippen molar-refractivity contribution in [3.8, 4) is 0 Å². The lowest BCUT2D eigenvalue weighted by atomic mass is 10.1. The fourth-order valence-corrected chi connectivity index (χ4v) is 6.33. The van der Waals surface area contributed by atoms with E-state index < -0.39 is 9.52 Å². The highest BCUT2D eigenvalue weighted by molar-refractivity contribution is 8.00. The van der Waals surface area contributed by atoms with Crippen molar-refractivity contribution < 1.29 is 4.21 Å². The van der Waals surface area contributed by atoms with Gasteiger partial charge in [0.2, 0.25) is 0 Å². The molecule has 0 N–H and O–H groups in total. The van der Waals surface area contributed by atoms with E-state index >= 15 is 0 Å². The lowest BCUT2D eigenvalue weighted by molar-refractivity contribution is 0.665. The van der Waals surface area contributed by atoms with Gasteiger partial charge in [-0.1, -0.05) is 66.7 Å². The van der Waals surface area contributed by atoms with Crippen LogP contribution < -0.4 is 9.91 Å². The first-order valence-corrected chi connectivity index (χ1v) is 13.9. The summed E-state index contributed by atoms with van der Waals surface area (Å²) in [4.78, 5) is 2.24. The lowest BCUT2D eigenvalue weighted by Crippen LogP contribution is -2.31. The van der Waals surface area contributed by atoms with Crippen molar-refractivity contribution in [2.75, 3.05) is 21.4 Å². The van der Waals surface area contributed by atoms with Crippen molar-refractivity contribution in [3.05, 3.63) is 121 Å². The molecular formula is C30H29N3OS. The lowest BCUT2D eigenvalue weighted by Gasteiger charge is -2.26. The third-order valence-corrected chi connectivity index (χ3v) is 8.17. The minimum Gasteiger partial charge on any atom is -0.311 e. The molecule has 1 aliphatic rings. The van der Waals surface area contributed by atoms with Gasteiger partial charge in [-0.25, -0.2) is 0 Å². The SMILES string of the molecule is C=S1(=O)CCC(N(/N=C/c2ccc(N(c3ccccc3)c3ccccc3)cc2)c2ccccc2)C1. The van der Waals surface area contributed by atoms with Crippen LogP contribution >= 0.6 is 0 Å². The van der Waals surface area contributed by atoms with Gasteiger partial charge in [0.15, 0.2) is 0 Å². The first-order chi connectivity index (χ1) is 17.1. The molecule has 4 nitrogen and oxygen atoms in total. The Morgan fingerprint density at radius 2 is 1.20 bits per heavy atom. The van der Waals surface area contributed by atoms with Gasteiger partial charge in [0, 0.05) is 28.6 Å². The number of hydrogen-bond acceptors (Lipinski definition) is 4. The second-order valence-corrected chi connectivity index (χ2v) is 11.5. The molecule has 2 unspecified atom stereocenters. The summed E-state index contributed by atoms with van der Waals surface area (Å²) >= 11 is 0. The van der Waals surface area contributed by atoms with Gasteiger partial charge in [0.05, 0.1) is 17.9 Å². The molecule has 2 atom stereocenters. The van der Waals surface area contributed by atoms with E-state index in [1.165, 1.54) is 0 Å². The Morgan fingerprint density at radius 1 is 0.714 bits per heavy atom. The van der Waals surface area contributed by atoms with E-state index in [4.69, 9.17) is 5.10 Å². The van der Waals surface area contributed by atoms with E-state index in [0.29, 0.717) is 11.5 Å². The molecule has 35 heavy (non-hydrogen) atoms. The van der Waals surface area contributed by atoms with Crippen LogP contribution in [0.25, 0.3) is 0 Å². The zero-order valence-electron chi connectivity index (χ0n) is 19.6. The maximum Gasteiger partial charge on any atom is 0.0644 e. The zero-order chi connectivity index (χ0) is 24.1. The highest BCUT2D eigenvalue weighted by atomic mass is 32.2. The zero-order valence-corrected chi connectivity index (χ0v) is 20.4. The number of anilines is 4. The average Bonchev–Trinajstić information content (AvgIpc) is 3.26. The molecule has 0 radical (unpaired) electrons. The van der Waals surface area contributed by atoms with Crippen molar-refractivity contribution in [2.24, 2.45) is 5.10 Å². The summed E-state index contributed by atoms with van der Waals surface area (Å²) in [7, 11) is -2.02. The van der Waals surface area contributed by atoms with Crippen LogP contribution in [0.2, 0.25) is 0 Å². The van der Waals surface area contributed by atoms with Crippen molar-refractivity contribution in [1.29, 1.82) is 0 Å². The van der Waals surface area contributed by atoms with Gasteiger partial charge in [-0.3, -0.25) is 9.22 Å². The van der Waals surface area contributed by atoms with Crippen LogP contribution in [0, 0.1) is 0 Å². The monoisotopic (exact) mass is 479 g/mol. The van der Waals surface area contributed by atoms with Crippen molar-refractivity contribution >= 4 is 44.4 Å². The summed E-state index contributed by atoms with van der Waals surface area (Å²) in [6.07, 6.45) is 2.71. The largest absolute Gasteiger partial charge is 0.311 e. The molecule has 5 heteroatoms. The fraction of sp³-hybridized carbons (Fsp3) is 0.133. The number of nitrogens with zero attached hydrogens (tertiary/aromatic N) is 3. The van der Waals surface area contributed by atoms with Gasteiger partial charge in [0.25, 0.3) is 0 Å². The molecule has 5 rings (SSSR count). The number of rotatable bonds is 7. The van der Waals surface area contributed by atoms with Crippen molar-refractivity contribution in [1.82, 2.24) is 0 Å². The third-order valence-electron chi connectivity index (χ3n) is 6.20. The van der Waals surface area contributed by atoms with E-state index in [9.17, 15) is 4.21 Å². The molecule has 1 aliphatic heterocycles. The maximum atomic E-state index is 12.5. The summed E-state index contributed by atoms with van der Waals surface area (Å²) in [6, 6.07) is 39.3. The van der Waals surface area contributed by atoms with Gasteiger partial charge in [-0.15, -0.1) is 0 Å². The molecule has 1 fully saturated rings. The van der Waals surface area contributed by atoms with Crippen LogP contribution in [0.1, 0.15) is 12.0 Å². The van der Waals surface area contributed by atoms with Crippen molar-refractivity contribution in [2.45, 2.75) is 12.5 Å². The number of para-hydroxylation sites is 3. The minimum absolute atomic E-state index is 0.0876. The van der Waals surface area contributed by atoms with E-state index in [0.717, 1.165) is 34.7 Å². The number of hydrogen-bond donors (Lipinski definition) is 0. The summed E-state index contributed by atoms with van der Waals surface area (Å²) in [5.74, 6) is 5.16. The van der Waals surface area contributed by atoms with Crippen molar-refractivity contribution in [3.63, 3.8) is 0 Å². The highest BCUT2D eigenvalue weighted by Crippen LogP contribution is 2.34. The maximum absolute atomic E-state index is 12.5. The van der Waals surface area contributed by atoms with Crippen LogP contribution in [-0.2, 0) is 9.52 Å². The molecule has 0 saturated carbocycles. The van der Waals surface area contributed by atoms with Gasteiger partial charge in [-0.2, -0.15) is 5.10 Å². The molecule has 1 saturated heterocycles. The van der Waals surface area contributed by atoms with E-state index in [1.54, 1.807) is 0 Å². The number of benzene rings is 4. The van der Waals surface area contributed by atoms with Crippen LogP contribution in [0.3, 0.4) is 0 Å². The quantitative estimate of drug-likeness (QED) is 0.173. The topological polar surface area (TPSA) is 35.9 Å². The second kappa shape index (κ2) is 10.2. The van der Waals surface area contributed by atoms with E-state index in [2.05, 4.69) is 83.6 Å². The number of hydrazone groups is 1. The Bertz CT molecular complexity index is 1330. The normalized spacial score (nSPS) is 19.6. The Kier molecular flexibility index (Phi) is 6.68.